The highest BCUT2D eigenvalue weighted by Crippen LogP contribution is 2.30. The average molecular weight is 428 g/mol. The highest BCUT2D eigenvalue weighted by Gasteiger charge is 2.25. The molecule has 30 heavy (non-hydrogen) atoms. The molecule has 3 heterocycles. The van der Waals surface area contributed by atoms with E-state index in [9.17, 15) is 9.59 Å². The van der Waals surface area contributed by atoms with Crippen molar-refractivity contribution in [1.82, 2.24) is 19.7 Å². The number of urea groups is 1. The SMILES string of the molecule is O=C(Nc1nc2c(s1)CCCC2)N1CCC(Cn2nc3c(cc2=O)CCCC3)CC1. The molecular formula is C22H29N5O2S. The van der Waals surface area contributed by atoms with Crippen LogP contribution in [0, 0.1) is 5.92 Å². The van der Waals surface area contributed by atoms with Crippen molar-refractivity contribution in [2.75, 3.05) is 18.4 Å². The fraction of sp³-hybridized carbons (Fsp3) is 0.636. The minimum Gasteiger partial charge on any atom is -0.324 e. The number of rotatable bonds is 3. The first-order valence-electron chi connectivity index (χ1n) is 11.3. The number of likely N-dealkylation sites (tertiary alicyclic amines) is 1. The molecule has 1 aliphatic heterocycles. The van der Waals surface area contributed by atoms with Crippen LogP contribution in [0.3, 0.4) is 0 Å². The Balaban J connectivity index is 1.16. The van der Waals surface area contributed by atoms with E-state index in [0.29, 0.717) is 25.6 Å². The van der Waals surface area contributed by atoms with E-state index in [1.165, 1.54) is 23.4 Å². The third kappa shape index (κ3) is 4.15. The van der Waals surface area contributed by atoms with E-state index in [0.717, 1.165) is 67.8 Å². The Hall–Kier alpha value is -2.22. The molecule has 0 aromatic carbocycles. The smallest absolute Gasteiger partial charge is 0.323 e. The van der Waals surface area contributed by atoms with Gasteiger partial charge in [0, 0.05) is 30.6 Å². The summed E-state index contributed by atoms with van der Waals surface area (Å²) >= 11 is 1.63. The second-order valence-corrected chi connectivity index (χ2v) is 9.88. The number of hydrogen-bond acceptors (Lipinski definition) is 5. The summed E-state index contributed by atoms with van der Waals surface area (Å²) in [7, 11) is 0. The van der Waals surface area contributed by atoms with Crippen LogP contribution in [-0.4, -0.2) is 38.8 Å². The van der Waals surface area contributed by atoms with Crippen molar-refractivity contribution in [3.8, 4) is 0 Å². The third-order valence-electron chi connectivity index (χ3n) is 6.67. The first-order chi connectivity index (χ1) is 14.7. The molecule has 0 radical (unpaired) electrons. The Morgan fingerprint density at radius 2 is 1.80 bits per heavy atom. The molecule has 1 N–H and O–H groups in total. The van der Waals surface area contributed by atoms with E-state index in [4.69, 9.17) is 0 Å². The predicted molar refractivity (Wildman–Crippen MR) is 117 cm³/mol. The average Bonchev–Trinajstić information content (AvgIpc) is 3.17. The summed E-state index contributed by atoms with van der Waals surface area (Å²) in [5.41, 5.74) is 3.42. The van der Waals surface area contributed by atoms with Gasteiger partial charge in [0.15, 0.2) is 5.13 Å². The zero-order valence-electron chi connectivity index (χ0n) is 17.4. The summed E-state index contributed by atoms with van der Waals surface area (Å²) in [4.78, 5) is 32.9. The summed E-state index contributed by atoms with van der Waals surface area (Å²) in [6.07, 6.45) is 10.6. The number of amides is 2. The minimum absolute atomic E-state index is 0.0172. The van der Waals surface area contributed by atoms with Gasteiger partial charge in [0.2, 0.25) is 0 Å². The number of piperidine rings is 1. The molecule has 3 aliphatic rings. The Kier molecular flexibility index (Phi) is 5.58. The van der Waals surface area contributed by atoms with E-state index in [-0.39, 0.29) is 11.6 Å². The molecule has 2 amide bonds. The van der Waals surface area contributed by atoms with Gasteiger partial charge in [-0.25, -0.2) is 14.5 Å². The fourth-order valence-electron chi connectivity index (χ4n) is 4.87. The van der Waals surface area contributed by atoms with Crippen LogP contribution >= 0.6 is 11.3 Å². The molecule has 1 fully saturated rings. The Bertz CT molecular complexity index is 966. The van der Waals surface area contributed by atoms with E-state index in [1.54, 1.807) is 22.1 Å². The van der Waals surface area contributed by atoms with Gasteiger partial charge < -0.3 is 4.90 Å². The molecule has 2 aromatic rings. The first-order valence-corrected chi connectivity index (χ1v) is 12.1. The molecule has 2 aliphatic carbocycles. The van der Waals surface area contributed by atoms with E-state index < -0.39 is 0 Å². The van der Waals surface area contributed by atoms with Crippen molar-refractivity contribution in [3.05, 3.63) is 38.2 Å². The van der Waals surface area contributed by atoms with Gasteiger partial charge in [0.05, 0.1) is 11.4 Å². The van der Waals surface area contributed by atoms with Crippen LogP contribution in [0.5, 0.6) is 0 Å². The summed E-state index contributed by atoms with van der Waals surface area (Å²) in [6, 6.07) is 1.74. The third-order valence-corrected chi connectivity index (χ3v) is 7.74. The minimum atomic E-state index is -0.0522. The van der Waals surface area contributed by atoms with Gasteiger partial charge in [-0.15, -0.1) is 11.3 Å². The monoisotopic (exact) mass is 427 g/mol. The van der Waals surface area contributed by atoms with Crippen molar-refractivity contribution in [2.45, 2.75) is 70.8 Å². The maximum absolute atomic E-state index is 12.7. The summed E-state index contributed by atoms with van der Waals surface area (Å²) in [5, 5.41) is 8.39. The van der Waals surface area contributed by atoms with E-state index in [1.807, 2.05) is 4.90 Å². The molecule has 160 valence electrons. The highest BCUT2D eigenvalue weighted by molar-refractivity contribution is 7.15. The van der Waals surface area contributed by atoms with Gasteiger partial charge in [-0.2, -0.15) is 5.10 Å². The normalized spacial score (nSPS) is 19.3. The van der Waals surface area contributed by atoms with Crippen LogP contribution < -0.4 is 10.9 Å². The van der Waals surface area contributed by atoms with E-state index in [2.05, 4.69) is 15.4 Å². The number of fused-ring (bicyclic) bond motifs is 2. The van der Waals surface area contributed by atoms with E-state index >= 15 is 0 Å². The summed E-state index contributed by atoms with van der Waals surface area (Å²) in [6.45, 7) is 2.07. The Labute approximate surface area is 180 Å². The maximum Gasteiger partial charge on any atom is 0.323 e. The number of carbonyl (C=O) groups is 1. The van der Waals surface area contributed by atoms with Crippen molar-refractivity contribution < 1.29 is 4.79 Å². The van der Waals surface area contributed by atoms with Crippen LogP contribution in [0.2, 0.25) is 0 Å². The second-order valence-electron chi connectivity index (χ2n) is 8.80. The number of nitrogens with zero attached hydrogens (tertiary/aromatic N) is 4. The van der Waals surface area contributed by atoms with Crippen LogP contribution in [0.1, 0.15) is 60.4 Å². The quantitative estimate of drug-likeness (QED) is 0.814. The number of aromatic nitrogens is 3. The number of hydrogen-bond donors (Lipinski definition) is 1. The van der Waals surface area contributed by atoms with Crippen LogP contribution in [0.15, 0.2) is 10.9 Å². The van der Waals surface area contributed by atoms with Crippen LogP contribution in [-0.2, 0) is 32.2 Å². The molecule has 0 atom stereocenters. The lowest BCUT2D eigenvalue weighted by Crippen LogP contribution is -2.42. The molecule has 0 unspecified atom stereocenters. The number of anilines is 1. The lowest BCUT2D eigenvalue weighted by molar-refractivity contribution is 0.174. The van der Waals surface area contributed by atoms with Gasteiger partial charge in [0.1, 0.15) is 0 Å². The molecule has 2 aromatic heterocycles. The zero-order valence-corrected chi connectivity index (χ0v) is 18.2. The molecule has 0 saturated carbocycles. The molecule has 8 heteroatoms. The Morgan fingerprint density at radius 1 is 1.07 bits per heavy atom. The standard InChI is InChI=1S/C22H29N5O2S/c28-20-13-16-5-1-2-6-17(16)25-27(20)14-15-9-11-26(12-10-15)22(29)24-21-23-18-7-3-4-8-19(18)30-21/h13,15H,1-12,14H2,(H,23,24,29). The largest absolute Gasteiger partial charge is 0.324 e. The first kappa shape index (κ1) is 19.7. The maximum atomic E-state index is 12.7. The van der Waals surface area contributed by atoms with Crippen molar-refractivity contribution in [1.29, 1.82) is 0 Å². The lowest BCUT2D eigenvalue weighted by Gasteiger charge is -2.32. The highest BCUT2D eigenvalue weighted by atomic mass is 32.1. The van der Waals surface area contributed by atoms with Crippen LogP contribution in [0.4, 0.5) is 9.93 Å². The number of carbonyl (C=O) groups excluding carboxylic acids is 1. The molecule has 0 bridgehead atoms. The second kappa shape index (κ2) is 8.49. The van der Waals surface area contributed by atoms with Gasteiger partial charge in [-0.05, 0) is 75.7 Å². The number of nitrogens with one attached hydrogen (secondary N) is 1. The molecule has 0 spiro atoms. The summed E-state index contributed by atoms with van der Waals surface area (Å²) in [5.74, 6) is 0.382. The van der Waals surface area contributed by atoms with Crippen molar-refractivity contribution >= 4 is 22.5 Å². The van der Waals surface area contributed by atoms with Gasteiger partial charge in [0.25, 0.3) is 5.56 Å². The lowest BCUT2D eigenvalue weighted by atomic mass is 9.96. The zero-order chi connectivity index (χ0) is 20.5. The fourth-order valence-corrected chi connectivity index (χ4v) is 5.91. The van der Waals surface area contributed by atoms with Gasteiger partial charge in [-0.1, -0.05) is 0 Å². The molecule has 5 rings (SSSR count). The molecule has 1 saturated heterocycles. The Morgan fingerprint density at radius 3 is 2.60 bits per heavy atom. The topological polar surface area (TPSA) is 80.1 Å². The van der Waals surface area contributed by atoms with Gasteiger partial charge >= 0.3 is 6.03 Å². The predicted octanol–water partition coefficient (Wildman–Crippen LogP) is 3.40. The van der Waals surface area contributed by atoms with Crippen molar-refractivity contribution in [2.24, 2.45) is 5.92 Å². The van der Waals surface area contributed by atoms with Gasteiger partial charge in [-0.3, -0.25) is 10.1 Å². The molecule has 7 nitrogen and oxygen atoms in total. The molecular weight excluding hydrogens is 398 g/mol. The number of thiazole rings is 1. The number of aryl methyl sites for hydroxylation is 4. The van der Waals surface area contributed by atoms with Crippen LogP contribution in [0.25, 0.3) is 0 Å². The summed E-state index contributed by atoms with van der Waals surface area (Å²) < 4.78 is 1.66. The van der Waals surface area contributed by atoms with Crippen molar-refractivity contribution in [3.63, 3.8) is 0 Å².